The topological polar surface area (TPSA) is 89.6 Å². The van der Waals surface area contributed by atoms with Crippen molar-refractivity contribution in [1.82, 2.24) is 15.0 Å². The van der Waals surface area contributed by atoms with E-state index in [2.05, 4.69) is 29.7 Å². The Bertz CT molecular complexity index is 1070. The van der Waals surface area contributed by atoms with Crippen molar-refractivity contribution in [3.05, 3.63) is 36.4 Å². The van der Waals surface area contributed by atoms with Crippen molar-refractivity contribution in [2.75, 3.05) is 55.1 Å². The highest BCUT2D eigenvalue weighted by Crippen LogP contribution is 2.31. The van der Waals surface area contributed by atoms with Crippen LogP contribution in [0.15, 0.2) is 36.4 Å². The van der Waals surface area contributed by atoms with Gasteiger partial charge in [0.2, 0.25) is 5.95 Å². The Hall–Kier alpha value is -2.97. The van der Waals surface area contributed by atoms with Crippen LogP contribution in [0.2, 0.25) is 0 Å². The summed E-state index contributed by atoms with van der Waals surface area (Å²) in [5.41, 5.74) is 9.17. The van der Waals surface area contributed by atoms with E-state index in [1.807, 2.05) is 30.3 Å². The fourth-order valence-corrected chi connectivity index (χ4v) is 4.21. The van der Waals surface area contributed by atoms with Gasteiger partial charge in [0.25, 0.3) is 0 Å². The van der Waals surface area contributed by atoms with Crippen molar-refractivity contribution in [3.63, 3.8) is 0 Å². The van der Waals surface area contributed by atoms with Gasteiger partial charge in [-0.25, -0.2) is 4.98 Å². The van der Waals surface area contributed by atoms with Gasteiger partial charge in [-0.05, 0) is 38.1 Å². The van der Waals surface area contributed by atoms with E-state index in [1.54, 1.807) is 0 Å². The second-order valence-corrected chi connectivity index (χ2v) is 8.27. The predicted molar refractivity (Wildman–Crippen MR) is 122 cm³/mol. The number of aromatic nitrogens is 3. The van der Waals surface area contributed by atoms with E-state index < -0.39 is 0 Å². The smallest absolute Gasteiger partial charge is 0.229 e. The third-order valence-corrected chi connectivity index (χ3v) is 6.00. The molecule has 0 radical (unpaired) electrons. The number of nitrogens with zero attached hydrogens (tertiary/aromatic N) is 5. The van der Waals surface area contributed by atoms with Crippen LogP contribution in [0, 0.1) is 0 Å². The maximum atomic E-state index is 5.85. The largest absolute Gasteiger partial charge is 0.399 e. The molecule has 0 saturated carbocycles. The summed E-state index contributed by atoms with van der Waals surface area (Å²) in [6.45, 7) is 8.59. The zero-order valence-corrected chi connectivity index (χ0v) is 18.0. The molecule has 0 aliphatic carbocycles. The lowest BCUT2D eigenvalue weighted by Crippen LogP contribution is -2.46. The second-order valence-electron chi connectivity index (χ2n) is 8.27. The first-order valence-electron chi connectivity index (χ1n) is 10.8. The quantitative estimate of drug-likeness (QED) is 0.647. The number of fused-ring (bicyclic) bond motifs is 1. The molecule has 0 bridgehead atoms. The first-order chi connectivity index (χ1) is 15.1. The highest BCUT2D eigenvalue weighted by Gasteiger charge is 2.27. The number of anilines is 3. The summed E-state index contributed by atoms with van der Waals surface area (Å²) >= 11 is 0. The molecule has 31 heavy (non-hydrogen) atoms. The predicted octanol–water partition coefficient (Wildman–Crippen LogP) is 2.72. The van der Waals surface area contributed by atoms with Crippen LogP contribution in [0.5, 0.6) is 0 Å². The van der Waals surface area contributed by atoms with E-state index in [0.717, 1.165) is 41.2 Å². The van der Waals surface area contributed by atoms with Crippen LogP contribution in [0.1, 0.15) is 13.8 Å². The molecule has 8 heteroatoms. The molecule has 1 aromatic carbocycles. The molecule has 2 saturated heterocycles. The lowest BCUT2D eigenvalue weighted by Gasteiger charge is -2.37. The Morgan fingerprint density at radius 3 is 2.19 bits per heavy atom. The van der Waals surface area contributed by atoms with Crippen molar-refractivity contribution < 1.29 is 9.47 Å². The zero-order chi connectivity index (χ0) is 21.4. The average Bonchev–Trinajstić information content (AvgIpc) is 2.79. The molecule has 2 fully saturated rings. The minimum absolute atomic E-state index is 0.210. The van der Waals surface area contributed by atoms with Gasteiger partial charge in [-0.3, -0.25) is 0 Å². The molecular weight excluding hydrogens is 392 g/mol. The molecule has 2 atom stereocenters. The van der Waals surface area contributed by atoms with Gasteiger partial charge in [0.05, 0.1) is 49.6 Å². The van der Waals surface area contributed by atoms with Gasteiger partial charge in [0, 0.05) is 24.3 Å². The van der Waals surface area contributed by atoms with E-state index in [-0.39, 0.29) is 12.1 Å². The molecule has 4 heterocycles. The van der Waals surface area contributed by atoms with Crippen LogP contribution in [-0.2, 0) is 9.47 Å². The highest BCUT2D eigenvalue weighted by atomic mass is 16.5. The number of hydrogen-bond donors (Lipinski definition) is 1. The number of ether oxygens (including phenoxy) is 2. The first-order valence-corrected chi connectivity index (χ1v) is 10.8. The number of morpholine rings is 2. The SMILES string of the molecule is CC1COCCN1c1nc(N2CCOCC2C)c2ccc(-c3ccc(N)cc3)nc2n1. The van der Waals surface area contributed by atoms with Gasteiger partial charge >= 0.3 is 0 Å². The van der Waals surface area contributed by atoms with Gasteiger partial charge in [0.1, 0.15) is 5.82 Å². The summed E-state index contributed by atoms with van der Waals surface area (Å²) in [5.74, 6) is 1.63. The summed E-state index contributed by atoms with van der Waals surface area (Å²) in [6, 6.07) is 12.3. The second kappa shape index (κ2) is 8.28. The fraction of sp³-hybridized carbons (Fsp3) is 0.435. The van der Waals surface area contributed by atoms with Gasteiger partial charge in [-0.2, -0.15) is 9.97 Å². The molecule has 2 unspecified atom stereocenters. The van der Waals surface area contributed by atoms with Crippen LogP contribution in [0.4, 0.5) is 17.5 Å². The van der Waals surface area contributed by atoms with Gasteiger partial charge in [0.15, 0.2) is 5.65 Å². The number of hydrogen-bond acceptors (Lipinski definition) is 8. The molecule has 0 amide bonds. The molecule has 8 nitrogen and oxygen atoms in total. The molecule has 0 spiro atoms. The zero-order valence-electron chi connectivity index (χ0n) is 18.0. The summed E-state index contributed by atoms with van der Waals surface area (Å²) < 4.78 is 11.3. The molecule has 2 N–H and O–H groups in total. The van der Waals surface area contributed by atoms with Gasteiger partial charge in [-0.15, -0.1) is 0 Å². The maximum absolute atomic E-state index is 5.85. The molecular formula is C23H28N6O2. The molecule has 3 aromatic rings. The van der Waals surface area contributed by atoms with Crippen LogP contribution in [-0.4, -0.2) is 66.6 Å². The Balaban J connectivity index is 1.65. The highest BCUT2D eigenvalue weighted by molar-refractivity contribution is 5.90. The molecule has 2 aliphatic heterocycles. The summed E-state index contributed by atoms with van der Waals surface area (Å²) in [5, 5.41) is 0.956. The third kappa shape index (κ3) is 3.88. The molecule has 2 aliphatic rings. The van der Waals surface area contributed by atoms with E-state index in [9.17, 15) is 0 Å². The van der Waals surface area contributed by atoms with Crippen molar-refractivity contribution in [2.45, 2.75) is 25.9 Å². The summed E-state index contributed by atoms with van der Waals surface area (Å²) in [7, 11) is 0. The Labute approximate surface area is 182 Å². The van der Waals surface area contributed by atoms with Crippen LogP contribution < -0.4 is 15.5 Å². The number of benzene rings is 1. The summed E-state index contributed by atoms with van der Waals surface area (Å²) in [4.78, 5) is 19.4. The van der Waals surface area contributed by atoms with Crippen LogP contribution in [0.25, 0.3) is 22.3 Å². The molecule has 5 rings (SSSR count). The Kier molecular flexibility index (Phi) is 5.33. The maximum Gasteiger partial charge on any atom is 0.229 e. The van der Waals surface area contributed by atoms with Crippen molar-refractivity contribution in [2.24, 2.45) is 0 Å². The van der Waals surface area contributed by atoms with Gasteiger partial charge < -0.3 is 25.0 Å². The van der Waals surface area contributed by atoms with Crippen molar-refractivity contribution >= 4 is 28.5 Å². The van der Waals surface area contributed by atoms with Crippen LogP contribution >= 0.6 is 0 Å². The van der Waals surface area contributed by atoms with Crippen LogP contribution in [0.3, 0.4) is 0 Å². The molecule has 162 valence electrons. The minimum Gasteiger partial charge on any atom is -0.399 e. The Morgan fingerprint density at radius 1 is 0.839 bits per heavy atom. The van der Waals surface area contributed by atoms with E-state index in [1.165, 1.54) is 0 Å². The lowest BCUT2D eigenvalue weighted by molar-refractivity contribution is 0.0973. The number of rotatable bonds is 3. The normalized spacial score (nSPS) is 22.1. The number of nitrogen functional groups attached to an aromatic ring is 1. The lowest BCUT2D eigenvalue weighted by atomic mass is 10.1. The standard InChI is InChI=1S/C23H28N6O2/c1-15-13-30-11-9-28(15)22-19-7-8-20(17-3-5-18(24)6-4-17)25-21(19)26-23(27-22)29-10-12-31-14-16(29)2/h3-8,15-16H,9-14,24H2,1-2H3. The molecule has 2 aromatic heterocycles. The summed E-state index contributed by atoms with van der Waals surface area (Å²) in [6.07, 6.45) is 0. The third-order valence-electron chi connectivity index (χ3n) is 6.00. The number of pyridine rings is 1. The van der Waals surface area contributed by atoms with E-state index >= 15 is 0 Å². The first kappa shape index (κ1) is 20.0. The van der Waals surface area contributed by atoms with Gasteiger partial charge in [-0.1, -0.05) is 12.1 Å². The monoisotopic (exact) mass is 420 g/mol. The van der Waals surface area contributed by atoms with Crippen molar-refractivity contribution in [3.8, 4) is 11.3 Å². The Morgan fingerprint density at radius 2 is 1.52 bits per heavy atom. The minimum atomic E-state index is 0.210. The average molecular weight is 421 g/mol. The number of nitrogens with two attached hydrogens (primary N) is 1. The van der Waals surface area contributed by atoms with E-state index in [4.69, 9.17) is 30.2 Å². The van der Waals surface area contributed by atoms with E-state index in [0.29, 0.717) is 38.0 Å². The fourth-order valence-electron chi connectivity index (χ4n) is 4.21. The van der Waals surface area contributed by atoms with Crippen molar-refractivity contribution in [1.29, 1.82) is 0 Å².